The Morgan fingerprint density at radius 1 is 0.423 bits per heavy atom. The SMILES string of the molecule is CCCCCC/C=C\CCCCCCCCCC(=O)OCC1OC(OC2C(O)C(O)C(O)C(OC3OC(CO)C(O)C(O)C3O)C2OP(=O)(O)OCC(COC(=O)CCCCCCCCCCCCC)OC(=O)CCCCCCCCC(C)CCCCCCCC)C(O)C(O)C1O. The van der Waals surface area contributed by atoms with Gasteiger partial charge in [-0.3, -0.25) is 23.4 Å². The minimum Gasteiger partial charge on any atom is -0.463 e. The lowest BCUT2D eigenvalue weighted by Gasteiger charge is -2.49. The van der Waals surface area contributed by atoms with Crippen molar-refractivity contribution in [1.29, 1.82) is 0 Å². The van der Waals surface area contributed by atoms with E-state index in [0.29, 0.717) is 25.2 Å². The summed E-state index contributed by atoms with van der Waals surface area (Å²) in [4.78, 5) is 51.0. The fraction of sp³-hybridized carbons (Fsp3) is 0.931. The third kappa shape index (κ3) is 37.1. The predicted molar refractivity (Wildman–Crippen MR) is 365 cm³/mol. The highest BCUT2D eigenvalue weighted by atomic mass is 31.2. The fourth-order valence-electron chi connectivity index (χ4n) is 12.6. The van der Waals surface area contributed by atoms with Gasteiger partial charge in [0, 0.05) is 19.3 Å². The molecule has 1 saturated carbocycles. The molecular weight excluding hydrogens is 1280 g/mol. The van der Waals surface area contributed by atoms with Crippen LogP contribution in [0.1, 0.15) is 291 Å². The van der Waals surface area contributed by atoms with Crippen molar-refractivity contribution in [2.75, 3.05) is 26.4 Å². The molecule has 24 nitrogen and oxygen atoms in total. The van der Waals surface area contributed by atoms with E-state index in [1.165, 1.54) is 109 Å². The molecule has 0 aromatic heterocycles. The Labute approximate surface area is 580 Å². The largest absolute Gasteiger partial charge is 0.472 e. The van der Waals surface area contributed by atoms with Gasteiger partial charge >= 0.3 is 25.7 Å². The van der Waals surface area contributed by atoms with E-state index in [-0.39, 0.29) is 19.3 Å². The van der Waals surface area contributed by atoms with E-state index < -0.39 is 156 Å². The monoisotopic (exact) mass is 1410 g/mol. The summed E-state index contributed by atoms with van der Waals surface area (Å²) in [6, 6.07) is 0. The molecule has 0 aromatic rings. The molecule has 11 N–H and O–H groups in total. The number of rotatable bonds is 58. The van der Waals surface area contributed by atoms with Gasteiger partial charge in [-0.1, -0.05) is 239 Å². The van der Waals surface area contributed by atoms with Gasteiger partial charge in [-0.15, -0.1) is 0 Å². The number of phosphoric acid groups is 1. The number of aliphatic hydroxyl groups is 10. The van der Waals surface area contributed by atoms with E-state index >= 15 is 0 Å². The van der Waals surface area contributed by atoms with E-state index in [1.807, 2.05) is 0 Å². The Bertz CT molecular complexity index is 2080. The second-order valence-electron chi connectivity index (χ2n) is 27.6. The second kappa shape index (κ2) is 53.5. The van der Waals surface area contributed by atoms with Gasteiger partial charge in [0.1, 0.15) is 98.7 Å². The van der Waals surface area contributed by atoms with Crippen molar-refractivity contribution in [3.8, 4) is 0 Å². The van der Waals surface area contributed by atoms with Gasteiger partial charge in [0.05, 0.1) is 13.2 Å². The summed E-state index contributed by atoms with van der Waals surface area (Å²) >= 11 is 0. The highest BCUT2D eigenvalue weighted by Gasteiger charge is 2.58. The number of phosphoric ester groups is 1. The Morgan fingerprint density at radius 3 is 1.23 bits per heavy atom. The molecule has 0 bridgehead atoms. The van der Waals surface area contributed by atoms with Crippen molar-refractivity contribution in [1.82, 2.24) is 0 Å². The van der Waals surface area contributed by atoms with Crippen LogP contribution in [0.15, 0.2) is 12.2 Å². The zero-order valence-corrected chi connectivity index (χ0v) is 60.4. The minimum absolute atomic E-state index is 0.0243. The van der Waals surface area contributed by atoms with Crippen LogP contribution in [0.2, 0.25) is 0 Å². The van der Waals surface area contributed by atoms with E-state index in [9.17, 15) is 74.9 Å². The first kappa shape index (κ1) is 88.9. The quantitative estimate of drug-likeness (QED) is 0.00886. The van der Waals surface area contributed by atoms with Gasteiger partial charge in [-0.25, -0.2) is 4.57 Å². The normalized spacial score (nSPS) is 28.2. The molecule has 19 unspecified atom stereocenters. The summed E-state index contributed by atoms with van der Waals surface area (Å²) in [6.07, 6.45) is 10.0. The van der Waals surface area contributed by atoms with Crippen LogP contribution >= 0.6 is 7.82 Å². The lowest BCUT2D eigenvalue weighted by atomic mass is 9.84. The second-order valence-corrected chi connectivity index (χ2v) is 29.0. The smallest absolute Gasteiger partial charge is 0.463 e. The van der Waals surface area contributed by atoms with Crippen LogP contribution in [0.3, 0.4) is 0 Å². The first-order chi connectivity index (χ1) is 46.7. The third-order valence-corrected chi connectivity index (χ3v) is 19.9. The maximum absolute atomic E-state index is 14.3. The van der Waals surface area contributed by atoms with E-state index in [2.05, 4.69) is 39.8 Å². The zero-order chi connectivity index (χ0) is 71.2. The molecule has 3 rings (SSSR count). The fourth-order valence-corrected chi connectivity index (χ4v) is 13.6. The summed E-state index contributed by atoms with van der Waals surface area (Å²) in [5, 5.41) is 110. The van der Waals surface area contributed by atoms with Crippen LogP contribution in [0.5, 0.6) is 0 Å². The number of hydrogen-bond donors (Lipinski definition) is 11. The Morgan fingerprint density at radius 2 is 0.784 bits per heavy atom. The predicted octanol–water partition coefficient (Wildman–Crippen LogP) is 10.2. The van der Waals surface area contributed by atoms with Crippen LogP contribution in [-0.4, -0.2) is 204 Å². The van der Waals surface area contributed by atoms with Crippen LogP contribution < -0.4 is 0 Å². The molecule has 1 aliphatic carbocycles. The van der Waals surface area contributed by atoms with Crippen molar-refractivity contribution in [2.45, 2.75) is 395 Å². The van der Waals surface area contributed by atoms with Crippen molar-refractivity contribution >= 4 is 25.7 Å². The minimum atomic E-state index is -5.69. The number of hydrogen-bond acceptors (Lipinski definition) is 23. The molecule has 0 spiro atoms. The molecule has 3 aliphatic rings. The number of carbonyl (C=O) groups excluding carboxylic acids is 3. The van der Waals surface area contributed by atoms with Crippen LogP contribution in [-0.2, 0) is 61.2 Å². The topological polar surface area (TPSA) is 374 Å². The van der Waals surface area contributed by atoms with Crippen LogP contribution in [0.4, 0.5) is 0 Å². The van der Waals surface area contributed by atoms with E-state index in [4.69, 9.17) is 42.2 Å². The van der Waals surface area contributed by atoms with Crippen molar-refractivity contribution < 1.29 is 117 Å². The highest BCUT2D eigenvalue weighted by molar-refractivity contribution is 7.47. The van der Waals surface area contributed by atoms with Crippen LogP contribution in [0, 0.1) is 5.92 Å². The molecule has 2 heterocycles. The highest BCUT2D eigenvalue weighted by Crippen LogP contribution is 2.49. The number of carbonyl (C=O) groups is 3. The van der Waals surface area contributed by atoms with E-state index in [1.54, 1.807) is 0 Å². The summed E-state index contributed by atoms with van der Waals surface area (Å²) < 4.78 is 65.0. The molecule has 0 amide bonds. The van der Waals surface area contributed by atoms with Gasteiger partial charge in [-0.2, -0.15) is 0 Å². The molecule has 0 radical (unpaired) electrons. The van der Waals surface area contributed by atoms with Gasteiger partial charge in [-0.05, 0) is 50.9 Å². The number of unbranched alkanes of at least 4 members (excludes halogenated alkanes) is 31. The lowest BCUT2D eigenvalue weighted by Crippen LogP contribution is -2.69. The molecule has 25 heteroatoms. The summed E-state index contributed by atoms with van der Waals surface area (Å²) in [5.41, 5.74) is 0. The Kier molecular flexibility index (Phi) is 49.0. The molecule has 570 valence electrons. The number of esters is 3. The molecule has 2 saturated heterocycles. The number of aliphatic hydroxyl groups excluding tert-OH is 10. The molecule has 2 aliphatic heterocycles. The van der Waals surface area contributed by atoms with E-state index in [0.717, 1.165) is 116 Å². The molecule has 3 fully saturated rings. The summed E-state index contributed by atoms with van der Waals surface area (Å²) in [6.45, 7) is 5.74. The third-order valence-electron chi connectivity index (χ3n) is 18.9. The van der Waals surface area contributed by atoms with Crippen molar-refractivity contribution in [3.05, 3.63) is 12.2 Å². The standard InChI is InChI=1S/C72H133O24P/c1-5-8-11-14-17-19-21-22-23-24-26-28-30-36-41-46-57(75)89-51-55-60(78)62(80)67(85)72(93-55)95-69-65(83)63(81)64(82)68(94-71-66(84)61(79)59(77)54(48-73)92-71)70(69)96-97(86,87)90-50-53(49-88-56(74)45-40-35-29-27-25-20-18-15-12-9-6-2)91-58(76)47-42-37-32-31-34-39-44-52(4)43-38-33-16-13-10-7-3/h19,21,52-55,59-73,77-85H,5-18,20,22-51H2,1-4H3,(H,86,87)/b21-19-. The van der Waals surface area contributed by atoms with Gasteiger partial charge < -0.3 is 89.1 Å². The van der Waals surface area contributed by atoms with Gasteiger partial charge in [0.25, 0.3) is 0 Å². The summed E-state index contributed by atoms with van der Waals surface area (Å²) in [7, 11) is -5.69. The van der Waals surface area contributed by atoms with Crippen LogP contribution in [0.25, 0.3) is 0 Å². The molecular formula is C72H133O24P. The first-order valence-electron chi connectivity index (χ1n) is 37.9. The Hall–Kier alpha value is -2.30. The maximum Gasteiger partial charge on any atom is 0.472 e. The van der Waals surface area contributed by atoms with Crippen molar-refractivity contribution in [3.63, 3.8) is 0 Å². The average molecular weight is 1410 g/mol. The van der Waals surface area contributed by atoms with Crippen molar-refractivity contribution in [2.24, 2.45) is 5.92 Å². The molecule has 97 heavy (non-hydrogen) atoms. The first-order valence-corrected chi connectivity index (χ1v) is 39.4. The summed E-state index contributed by atoms with van der Waals surface area (Å²) in [5.74, 6) is -1.31. The molecule has 0 aromatic carbocycles. The molecule has 19 atom stereocenters. The average Bonchev–Trinajstić information content (AvgIpc) is 0.769. The lowest BCUT2D eigenvalue weighted by molar-refractivity contribution is -0.360. The van der Waals surface area contributed by atoms with Gasteiger partial charge in [0.2, 0.25) is 0 Å². The number of allylic oxidation sites excluding steroid dienone is 2. The Balaban J connectivity index is 1.74. The number of ether oxygens (including phenoxy) is 7. The maximum atomic E-state index is 14.3. The zero-order valence-electron chi connectivity index (χ0n) is 59.5. The van der Waals surface area contributed by atoms with Gasteiger partial charge in [0.15, 0.2) is 18.7 Å².